The maximum absolute atomic E-state index is 11.1. The number of halogens is 1. The molecule has 0 bridgehead atoms. The Morgan fingerprint density at radius 2 is 2.25 bits per heavy atom. The average molecular weight is 300 g/mol. The van der Waals surface area contributed by atoms with E-state index in [1.807, 2.05) is 13.8 Å². The Morgan fingerprint density at radius 3 is 2.75 bits per heavy atom. The van der Waals surface area contributed by atoms with E-state index in [2.05, 4.69) is 0 Å². The van der Waals surface area contributed by atoms with E-state index in [-0.39, 0.29) is 28.3 Å². The first-order valence-corrected chi connectivity index (χ1v) is 6.99. The number of hydrogen-bond donors (Lipinski definition) is 0. The molecule has 0 aromatic heterocycles. The van der Waals surface area contributed by atoms with Crippen LogP contribution in [0.1, 0.15) is 26.7 Å². The summed E-state index contributed by atoms with van der Waals surface area (Å²) < 4.78 is 10.9. The third kappa shape index (κ3) is 2.42. The molecule has 0 aliphatic heterocycles. The molecule has 0 amide bonds. The van der Waals surface area contributed by atoms with Gasteiger partial charge in [0.1, 0.15) is 11.9 Å². The zero-order valence-electron chi connectivity index (χ0n) is 11.8. The summed E-state index contributed by atoms with van der Waals surface area (Å²) in [5.41, 5.74) is -0.208. The van der Waals surface area contributed by atoms with Gasteiger partial charge in [0.25, 0.3) is 0 Å². The number of hydrogen-bond acceptors (Lipinski definition) is 4. The van der Waals surface area contributed by atoms with Crippen LogP contribution < -0.4 is 9.47 Å². The molecular formula is C14H18ClNO4. The molecule has 1 saturated carbocycles. The molecular weight excluding hydrogens is 282 g/mol. The van der Waals surface area contributed by atoms with Crippen molar-refractivity contribution in [3.63, 3.8) is 0 Å². The summed E-state index contributed by atoms with van der Waals surface area (Å²) in [5, 5.41) is 11.1. The predicted molar refractivity (Wildman–Crippen MR) is 76.7 cm³/mol. The standard InChI is InChI=1S/C14H18ClNO4/c1-4-14(2)12(15)8-13(14)20-11-7-9(19-3)5-6-10(11)16(17)18/h5-7,12-13H,4,8H2,1-3H3. The van der Waals surface area contributed by atoms with Crippen LogP contribution in [0, 0.1) is 15.5 Å². The van der Waals surface area contributed by atoms with Crippen molar-refractivity contribution in [1.29, 1.82) is 0 Å². The number of nitrogens with zero attached hydrogens (tertiary/aromatic N) is 1. The van der Waals surface area contributed by atoms with Crippen molar-refractivity contribution < 1.29 is 14.4 Å². The summed E-state index contributed by atoms with van der Waals surface area (Å²) in [6.07, 6.45) is 1.45. The minimum Gasteiger partial charge on any atom is -0.497 e. The molecule has 1 aromatic carbocycles. The van der Waals surface area contributed by atoms with Gasteiger partial charge in [-0.3, -0.25) is 10.1 Å². The molecule has 3 atom stereocenters. The van der Waals surface area contributed by atoms with Crippen LogP contribution in [0.5, 0.6) is 11.5 Å². The summed E-state index contributed by atoms with van der Waals surface area (Å²) in [5.74, 6) is 0.771. The van der Waals surface area contributed by atoms with Crippen LogP contribution in [0.4, 0.5) is 5.69 Å². The van der Waals surface area contributed by atoms with Gasteiger partial charge in [-0.15, -0.1) is 11.6 Å². The SMILES string of the molecule is CCC1(C)C(Cl)CC1Oc1cc(OC)ccc1[N+](=O)[O-]. The molecule has 1 aromatic rings. The maximum atomic E-state index is 11.1. The van der Waals surface area contributed by atoms with Crippen molar-refractivity contribution in [1.82, 2.24) is 0 Å². The van der Waals surface area contributed by atoms with Crippen LogP contribution in [-0.4, -0.2) is 23.5 Å². The third-order valence-electron chi connectivity index (χ3n) is 4.27. The molecule has 1 aliphatic carbocycles. The number of nitro groups is 1. The van der Waals surface area contributed by atoms with Gasteiger partial charge in [0.2, 0.25) is 5.75 Å². The van der Waals surface area contributed by atoms with Crippen molar-refractivity contribution >= 4 is 17.3 Å². The Bertz CT molecular complexity index is 522. The van der Waals surface area contributed by atoms with E-state index in [1.165, 1.54) is 13.2 Å². The normalized spacial score (nSPS) is 28.6. The zero-order valence-corrected chi connectivity index (χ0v) is 12.5. The summed E-state index contributed by atoms with van der Waals surface area (Å²) in [6, 6.07) is 4.50. The van der Waals surface area contributed by atoms with Crippen molar-refractivity contribution in [2.75, 3.05) is 7.11 Å². The molecule has 20 heavy (non-hydrogen) atoms. The third-order valence-corrected chi connectivity index (χ3v) is 4.94. The van der Waals surface area contributed by atoms with Gasteiger partial charge in [0.15, 0.2) is 0 Å². The second-order valence-electron chi connectivity index (χ2n) is 5.26. The quantitative estimate of drug-likeness (QED) is 0.471. The van der Waals surface area contributed by atoms with Gasteiger partial charge in [-0.05, 0) is 12.5 Å². The van der Waals surface area contributed by atoms with E-state index in [1.54, 1.807) is 12.1 Å². The molecule has 110 valence electrons. The van der Waals surface area contributed by atoms with Crippen LogP contribution in [0.15, 0.2) is 18.2 Å². The molecule has 0 spiro atoms. The molecule has 1 fully saturated rings. The van der Waals surface area contributed by atoms with Gasteiger partial charge in [-0.25, -0.2) is 0 Å². The average Bonchev–Trinajstić information content (AvgIpc) is 2.45. The molecule has 2 rings (SSSR count). The zero-order chi connectivity index (χ0) is 14.9. The molecule has 5 nitrogen and oxygen atoms in total. The number of rotatable bonds is 5. The number of alkyl halides is 1. The first-order chi connectivity index (χ1) is 9.42. The van der Waals surface area contributed by atoms with Crippen LogP contribution in [0.25, 0.3) is 0 Å². The van der Waals surface area contributed by atoms with Gasteiger partial charge in [-0.1, -0.05) is 13.8 Å². The highest BCUT2D eigenvalue weighted by molar-refractivity contribution is 6.21. The Kier molecular flexibility index (Phi) is 4.09. The first kappa shape index (κ1) is 14.9. The van der Waals surface area contributed by atoms with Crippen LogP contribution in [0.3, 0.4) is 0 Å². The van der Waals surface area contributed by atoms with Gasteiger partial charge < -0.3 is 9.47 Å². The molecule has 6 heteroatoms. The van der Waals surface area contributed by atoms with E-state index in [0.717, 1.165) is 6.42 Å². The second kappa shape index (κ2) is 5.48. The number of methoxy groups -OCH3 is 1. The topological polar surface area (TPSA) is 61.6 Å². The van der Waals surface area contributed by atoms with E-state index < -0.39 is 4.92 Å². The largest absolute Gasteiger partial charge is 0.497 e. The lowest BCUT2D eigenvalue weighted by Crippen LogP contribution is -2.55. The second-order valence-corrected chi connectivity index (χ2v) is 5.79. The van der Waals surface area contributed by atoms with E-state index in [4.69, 9.17) is 21.1 Å². The highest BCUT2D eigenvalue weighted by Gasteiger charge is 2.51. The fraction of sp³-hybridized carbons (Fsp3) is 0.571. The number of nitro benzene ring substituents is 1. The van der Waals surface area contributed by atoms with E-state index in [0.29, 0.717) is 12.2 Å². The molecule has 0 saturated heterocycles. The highest BCUT2D eigenvalue weighted by atomic mass is 35.5. The molecule has 3 unspecified atom stereocenters. The van der Waals surface area contributed by atoms with E-state index >= 15 is 0 Å². The predicted octanol–water partition coefficient (Wildman–Crippen LogP) is 3.78. The lowest BCUT2D eigenvalue weighted by Gasteiger charge is -2.50. The van der Waals surface area contributed by atoms with E-state index in [9.17, 15) is 10.1 Å². The lowest BCUT2D eigenvalue weighted by molar-refractivity contribution is -0.386. The Hall–Kier alpha value is -1.49. The van der Waals surface area contributed by atoms with Crippen molar-refractivity contribution in [2.45, 2.75) is 38.2 Å². The van der Waals surface area contributed by atoms with Crippen LogP contribution in [-0.2, 0) is 0 Å². The molecule has 1 aliphatic rings. The lowest BCUT2D eigenvalue weighted by atomic mass is 9.65. The number of benzene rings is 1. The van der Waals surface area contributed by atoms with Gasteiger partial charge >= 0.3 is 5.69 Å². The fourth-order valence-electron chi connectivity index (χ4n) is 2.42. The highest BCUT2D eigenvalue weighted by Crippen LogP contribution is 2.50. The summed E-state index contributed by atoms with van der Waals surface area (Å²) in [6.45, 7) is 4.09. The summed E-state index contributed by atoms with van der Waals surface area (Å²) in [7, 11) is 1.51. The van der Waals surface area contributed by atoms with Gasteiger partial charge in [0.05, 0.1) is 12.0 Å². The monoisotopic (exact) mass is 299 g/mol. The smallest absolute Gasteiger partial charge is 0.311 e. The summed E-state index contributed by atoms with van der Waals surface area (Å²) in [4.78, 5) is 10.6. The van der Waals surface area contributed by atoms with Crippen LogP contribution in [0.2, 0.25) is 0 Å². The number of ether oxygens (including phenoxy) is 2. The Balaban J connectivity index is 2.26. The van der Waals surface area contributed by atoms with Crippen LogP contribution >= 0.6 is 11.6 Å². The van der Waals surface area contributed by atoms with Gasteiger partial charge in [-0.2, -0.15) is 0 Å². The minimum absolute atomic E-state index is 0.0437. The molecule has 0 N–H and O–H groups in total. The Labute approximate surface area is 123 Å². The summed E-state index contributed by atoms with van der Waals surface area (Å²) >= 11 is 6.24. The van der Waals surface area contributed by atoms with Crippen molar-refractivity contribution in [3.05, 3.63) is 28.3 Å². The molecule has 0 heterocycles. The van der Waals surface area contributed by atoms with Gasteiger partial charge in [0, 0.05) is 29.3 Å². The van der Waals surface area contributed by atoms with Crippen molar-refractivity contribution in [3.8, 4) is 11.5 Å². The minimum atomic E-state index is -0.450. The first-order valence-electron chi connectivity index (χ1n) is 6.55. The Morgan fingerprint density at radius 1 is 1.55 bits per heavy atom. The molecule has 0 radical (unpaired) electrons. The maximum Gasteiger partial charge on any atom is 0.311 e. The van der Waals surface area contributed by atoms with Crippen molar-refractivity contribution in [2.24, 2.45) is 5.41 Å². The fourth-order valence-corrected chi connectivity index (χ4v) is 2.88.